The van der Waals surface area contributed by atoms with E-state index in [0.29, 0.717) is 21.7 Å². The van der Waals surface area contributed by atoms with Gasteiger partial charge in [0.05, 0.1) is 12.2 Å². The van der Waals surface area contributed by atoms with E-state index in [1.165, 1.54) is 17.3 Å². The molecule has 0 saturated carbocycles. The molecule has 3 rings (SSSR count). The molecule has 2 aromatic carbocycles. The number of halogens is 1. The number of thioether (sulfide) groups is 1. The van der Waals surface area contributed by atoms with Crippen LogP contribution in [-0.4, -0.2) is 32.3 Å². The number of hydrogen-bond acceptors (Lipinski definition) is 5. The third-order valence-electron chi connectivity index (χ3n) is 4.48. The van der Waals surface area contributed by atoms with Gasteiger partial charge in [-0.15, -0.1) is 10.2 Å². The van der Waals surface area contributed by atoms with E-state index in [9.17, 15) is 9.59 Å². The Morgan fingerprint density at radius 3 is 2.47 bits per heavy atom. The van der Waals surface area contributed by atoms with E-state index in [0.717, 1.165) is 11.3 Å². The molecule has 9 heteroatoms. The van der Waals surface area contributed by atoms with E-state index in [1.54, 1.807) is 35.9 Å². The third kappa shape index (κ3) is 5.84. The molecule has 0 aliphatic carbocycles. The van der Waals surface area contributed by atoms with Crippen LogP contribution >= 0.6 is 23.4 Å². The average Bonchev–Trinajstić information content (AvgIpc) is 3.02. The topological polar surface area (TPSA) is 88.9 Å². The normalized spacial score (nSPS) is 10.7. The fourth-order valence-electron chi connectivity index (χ4n) is 2.69. The van der Waals surface area contributed by atoms with Crippen LogP contribution in [0.2, 0.25) is 5.02 Å². The van der Waals surface area contributed by atoms with E-state index >= 15 is 0 Å². The predicted octanol–water partition coefficient (Wildman–Crippen LogP) is 4.00. The van der Waals surface area contributed by atoms with Crippen LogP contribution in [0.15, 0.2) is 47.6 Å². The number of amides is 2. The minimum atomic E-state index is -0.181. The standard InChI is InChI=1S/C21H22ClN5O2S/c1-13-7-8-17(9-14(13)2)23-19(28)11-18-25-26-21(27(18)3)30-12-20(29)24-16-6-4-5-15(22)10-16/h4-10H,11-12H2,1-3H3,(H,23,28)(H,24,29). The lowest BCUT2D eigenvalue weighted by atomic mass is 10.1. The first-order chi connectivity index (χ1) is 14.3. The Labute approximate surface area is 184 Å². The molecule has 3 aromatic rings. The molecule has 30 heavy (non-hydrogen) atoms. The lowest BCUT2D eigenvalue weighted by Gasteiger charge is -2.08. The van der Waals surface area contributed by atoms with Crippen molar-refractivity contribution in [3.05, 3.63) is 64.4 Å². The van der Waals surface area contributed by atoms with Crippen LogP contribution in [0.3, 0.4) is 0 Å². The molecule has 0 bridgehead atoms. The van der Waals surface area contributed by atoms with Gasteiger partial charge in [-0.2, -0.15) is 0 Å². The Hall–Kier alpha value is -2.84. The number of nitrogens with zero attached hydrogens (tertiary/aromatic N) is 3. The van der Waals surface area contributed by atoms with E-state index < -0.39 is 0 Å². The summed E-state index contributed by atoms with van der Waals surface area (Å²) >= 11 is 7.17. The van der Waals surface area contributed by atoms with Gasteiger partial charge in [-0.05, 0) is 55.3 Å². The maximum atomic E-state index is 12.4. The first-order valence-corrected chi connectivity index (χ1v) is 10.6. The number of carbonyl (C=O) groups is 2. The zero-order valence-corrected chi connectivity index (χ0v) is 18.5. The van der Waals surface area contributed by atoms with Crippen LogP contribution in [0.1, 0.15) is 17.0 Å². The SMILES string of the molecule is Cc1ccc(NC(=O)Cc2nnc(SCC(=O)Nc3cccc(Cl)c3)n2C)cc1C. The van der Waals surface area contributed by atoms with Crippen LogP contribution in [0.4, 0.5) is 11.4 Å². The summed E-state index contributed by atoms with van der Waals surface area (Å²) in [6, 6.07) is 12.7. The molecule has 0 aliphatic heterocycles. The van der Waals surface area contributed by atoms with Crippen LogP contribution in [0, 0.1) is 13.8 Å². The van der Waals surface area contributed by atoms with Gasteiger partial charge in [0.15, 0.2) is 5.16 Å². The maximum absolute atomic E-state index is 12.4. The second kappa shape index (κ2) is 9.77. The highest BCUT2D eigenvalue weighted by atomic mass is 35.5. The third-order valence-corrected chi connectivity index (χ3v) is 5.73. The first-order valence-electron chi connectivity index (χ1n) is 9.25. The zero-order valence-electron chi connectivity index (χ0n) is 16.9. The molecule has 156 valence electrons. The maximum Gasteiger partial charge on any atom is 0.234 e. The molecule has 0 spiro atoms. The molecule has 0 atom stereocenters. The monoisotopic (exact) mass is 443 g/mol. The largest absolute Gasteiger partial charge is 0.326 e. The molecule has 1 aromatic heterocycles. The number of rotatable bonds is 7. The quantitative estimate of drug-likeness (QED) is 0.539. The summed E-state index contributed by atoms with van der Waals surface area (Å²) in [5.74, 6) is 0.324. The van der Waals surface area contributed by atoms with Gasteiger partial charge in [-0.25, -0.2) is 0 Å². The molecule has 1 heterocycles. The second-order valence-electron chi connectivity index (χ2n) is 6.83. The lowest BCUT2D eigenvalue weighted by molar-refractivity contribution is -0.116. The van der Waals surface area contributed by atoms with Crippen molar-refractivity contribution >= 4 is 46.6 Å². The van der Waals surface area contributed by atoms with Crippen molar-refractivity contribution in [2.45, 2.75) is 25.4 Å². The Bertz CT molecular complexity index is 1080. The van der Waals surface area contributed by atoms with Crippen molar-refractivity contribution in [3.8, 4) is 0 Å². The number of hydrogen-bond donors (Lipinski definition) is 2. The summed E-state index contributed by atoms with van der Waals surface area (Å²) in [6.07, 6.45) is 0.0890. The average molecular weight is 444 g/mol. The Morgan fingerprint density at radius 2 is 1.73 bits per heavy atom. The minimum absolute atomic E-state index is 0.0890. The zero-order chi connectivity index (χ0) is 21.7. The molecule has 0 aliphatic rings. The highest BCUT2D eigenvalue weighted by Gasteiger charge is 2.15. The number of aryl methyl sites for hydroxylation is 2. The molecule has 0 radical (unpaired) electrons. The smallest absolute Gasteiger partial charge is 0.234 e. The molecule has 7 nitrogen and oxygen atoms in total. The number of anilines is 2. The number of nitrogens with one attached hydrogen (secondary N) is 2. The fraction of sp³-hybridized carbons (Fsp3) is 0.238. The van der Waals surface area contributed by atoms with Crippen LogP contribution in [-0.2, 0) is 23.1 Å². The van der Waals surface area contributed by atoms with Crippen LogP contribution in [0.5, 0.6) is 0 Å². The van der Waals surface area contributed by atoms with Gasteiger partial charge < -0.3 is 15.2 Å². The lowest BCUT2D eigenvalue weighted by Crippen LogP contribution is -2.17. The van der Waals surface area contributed by atoms with Gasteiger partial charge in [0.1, 0.15) is 5.82 Å². The van der Waals surface area contributed by atoms with Crippen molar-refractivity contribution in [1.82, 2.24) is 14.8 Å². The fourth-order valence-corrected chi connectivity index (χ4v) is 3.61. The Balaban J connectivity index is 1.54. The van der Waals surface area contributed by atoms with Crippen molar-refractivity contribution in [2.75, 3.05) is 16.4 Å². The van der Waals surface area contributed by atoms with Crippen molar-refractivity contribution in [3.63, 3.8) is 0 Å². The Morgan fingerprint density at radius 1 is 1.00 bits per heavy atom. The highest BCUT2D eigenvalue weighted by molar-refractivity contribution is 7.99. The molecule has 0 saturated heterocycles. The summed E-state index contributed by atoms with van der Waals surface area (Å²) in [7, 11) is 1.77. The second-order valence-corrected chi connectivity index (χ2v) is 8.21. The summed E-state index contributed by atoms with van der Waals surface area (Å²) in [6.45, 7) is 4.02. The summed E-state index contributed by atoms with van der Waals surface area (Å²) in [5, 5.41) is 14.9. The minimum Gasteiger partial charge on any atom is -0.326 e. The van der Waals surface area contributed by atoms with Crippen LogP contribution in [0.25, 0.3) is 0 Å². The van der Waals surface area contributed by atoms with Gasteiger partial charge in [0.25, 0.3) is 0 Å². The van der Waals surface area contributed by atoms with Gasteiger partial charge in [0, 0.05) is 23.4 Å². The molecule has 2 amide bonds. The number of carbonyl (C=O) groups excluding carboxylic acids is 2. The van der Waals surface area contributed by atoms with E-state index in [2.05, 4.69) is 20.8 Å². The Kier molecular flexibility index (Phi) is 7.12. The highest BCUT2D eigenvalue weighted by Crippen LogP contribution is 2.19. The van der Waals surface area contributed by atoms with E-state index in [4.69, 9.17) is 11.6 Å². The van der Waals surface area contributed by atoms with E-state index in [-0.39, 0.29) is 24.0 Å². The molecule has 0 unspecified atom stereocenters. The van der Waals surface area contributed by atoms with Crippen molar-refractivity contribution in [2.24, 2.45) is 7.05 Å². The summed E-state index contributed by atoms with van der Waals surface area (Å²) < 4.78 is 1.72. The van der Waals surface area contributed by atoms with Crippen LogP contribution < -0.4 is 10.6 Å². The van der Waals surface area contributed by atoms with Gasteiger partial charge in [-0.1, -0.05) is 35.5 Å². The van der Waals surface area contributed by atoms with Crippen molar-refractivity contribution < 1.29 is 9.59 Å². The number of aromatic nitrogens is 3. The number of benzene rings is 2. The summed E-state index contributed by atoms with van der Waals surface area (Å²) in [4.78, 5) is 24.5. The van der Waals surface area contributed by atoms with Gasteiger partial charge in [0.2, 0.25) is 11.8 Å². The first kappa shape index (κ1) is 21.9. The predicted molar refractivity (Wildman–Crippen MR) is 120 cm³/mol. The summed E-state index contributed by atoms with van der Waals surface area (Å²) in [5.41, 5.74) is 3.66. The molecular weight excluding hydrogens is 422 g/mol. The molecule has 0 fully saturated rings. The molecule has 2 N–H and O–H groups in total. The molecular formula is C21H22ClN5O2S. The van der Waals surface area contributed by atoms with E-state index in [1.807, 2.05) is 32.0 Å². The van der Waals surface area contributed by atoms with Gasteiger partial charge in [-0.3, -0.25) is 9.59 Å². The van der Waals surface area contributed by atoms with Gasteiger partial charge >= 0.3 is 0 Å². The van der Waals surface area contributed by atoms with Crippen molar-refractivity contribution in [1.29, 1.82) is 0 Å².